The van der Waals surface area contributed by atoms with Gasteiger partial charge in [-0.05, 0) is 13.8 Å². The van der Waals surface area contributed by atoms with E-state index >= 15 is 0 Å². The number of alkyl carbamates (subject to hydrolysis) is 1. The standard InChI is InChI=1S/C18H31N2O11P/c1-12(21)27-10-18(4,5)20-16(24)28-11-30-32(25)29-9-17(2,3)14(31-32)15(23)19-8-7-13(22)26-6/h14H,7-11H2,1-6H3,(H,19,23)(H,20,24)/t14-,32?/m0/s1. The number of hydrogen-bond donors (Lipinski definition) is 2. The fourth-order valence-corrected chi connectivity index (χ4v) is 3.86. The van der Waals surface area contributed by atoms with Gasteiger partial charge in [0, 0.05) is 18.9 Å². The average Bonchev–Trinajstić information content (AvgIpc) is 2.68. The molecule has 1 aliphatic heterocycles. The third kappa shape index (κ3) is 9.51. The molecule has 184 valence electrons. The van der Waals surface area contributed by atoms with Crippen LogP contribution in [0.15, 0.2) is 0 Å². The molecule has 0 aromatic rings. The molecule has 0 aromatic heterocycles. The second-order valence-electron chi connectivity index (χ2n) is 8.28. The number of carbonyl (C=O) groups excluding carboxylic acids is 4. The smallest absolute Gasteiger partial charge is 0.469 e. The molecule has 0 aromatic carbocycles. The highest BCUT2D eigenvalue weighted by Gasteiger charge is 2.49. The molecule has 2 N–H and O–H groups in total. The van der Waals surface area contributed by atoms with Gasteiger partial charge in [-0.25, -0.2) is 13.9 Å². The van der Waals surface area contributed by atoms with Gasteiger partial charge in [-0.15, -0.1) is 0 Å². The van der Waals surface area contributed by atoms with Crippen LogP contribution in [0, 0.1) is 5.41 Å². The van der Waals surface area contributed by atoms with Gasteiger partial charge in [0.15, 0.2) is 6.10 Å². The minimum absolute atomic E-state index is 0.000126. The molecular formula is C18H31N2O11P. The minimum Gasteiger partial charge on any atom is -0.469 e. The second-order valence-corrected chi connectivity index (χ2v) is 9.90. The van der Waals surface area contributed by atoms with Crippen molar-refractivity contribution in [3.8, 4) is 0 Å². The summed E-state index contributed by atoms with van der Waals surface area (Å²) in [6.07, 6.45) is -2.18. The van der Waals surface area contributed by atoms with Crippen LogP contribution < -0.4 is 10.6 Å². The summed E-state index contributed by atoms with van der Waals surface area (Å²) in [4.78, 5) is 46.4. The number of esters is 2. The highest BCUT2D eigenvalue weighted by molar-refractivity contribution is 7.48. The molecular weight excluding hydrogens is 451 g/mol. The number of nitrogens with one attached hydrogen (secondary N) is 2. The number of phosphoric acid groups is 1. The first-order chi connectivity index (χ1) is 14.7. The van der Waals surface area contributed by atoms with Crippen molar-refractivity contribution in [2.45, 2.75) is 52.7 Å². The summed E-state index contributed by atoms with van der Waals surface area (Å²) >= 11 is 0. The minimum atomic E-state index is -4.22. The van der Waals surface area contributed by atoms with Gasteiger partial charge in [-0.1, -0.05) is 13.8 Å². The molecule has 2 atom stereocenters. The van der Waals surface area contributed by atoms with E-state index in [4.69, 9.17) is 23.0 Å². The fraction of sp³-hybridized carbons (Fsp3) is 0.778. The van der Waals surface area contributed by atoms with Crippen molar-refractivity contribution in [1.29, 1.82) is 0 Å². The lowest BCUT2D eigenvalue weighted by molar-refractivity contribution is -0.144. The van der Waals surface area contributed by atoms with Crippen molar-refractivity contribution in [3.63, 3.8) is 0 Å². The molecule has 1 unspecified atom stereocenters. The third-order valence-electron chi connectivity index (χ3n) is 4.11. The SMILES string of the molecule is COC(=O)CCNC(=O)[C@@H]1OP(=O)(OCOC(=O)NC(C)(C)COC(C)=O)OCC1(C)C. The zero-order valence-electron chi connectivity index (χ0n) is 19.1. The van der Waals surface area contributed by atoms with Crippen molar-refractivity contribution >= 4 is 31.8 Å². The average molecular weight is 482 g/mol. The van der Waals surface area contributed by atoms with Crippen LogP contribution in [-0.2, 0) is 46.7 Å². The Kier molecular flexibility index (Phi) is 10.1. The first-order valence-corrected chi connectivity index (χ1v) is 11.2. The number of rotatable bonds is 10. The van der Waals surface area contributed by atoms with E-state index in [1.54, 1.807) is 27.7 Å². The number of phosphoric ester groups is 1. The van der Waals surface area contributed by atoms with Crippen LogP contribution in [0.2, 0.25) is 0 Å². The molecule has 1 rings (SSSR count). The lowest BCUT2D eigenvalue weighted by Gasteiger charge is -2.39. The predicted octanol–water partition coefficient (Wildman–Crippen LogP) is 1.26. The van der Waals surface area contributed by atoms with Crippen LogP contribution in [0.5, 0.6) is 0 Å². The van der Waals surface area contributed by atoms with Crippen molar-refractivity contribution in [2.75, 3.05) is 33.7 Å². The maximum Gasteiger partial charge on any atom is 0.478 e. The maximum absolute atomic E-state index is 12.7. The first kappa shape index (κ1) is 27.8. The molecule has 2 amide bonds. The molecule has 1 saturated heterocycles. The molecule has 0 saturated carbocycles. The normalized spacial score (nSPS) is 22.4. The quantitative estimate of drug-likeness (QED) is 0.199. The van der Waals surface area contributed by atoms with E-state index in [9.17, 15) is 23.7 Å². The molecule has 13 nitrogen and oxygen atoms in total. The van der Waals surface area contributed by atoms with Crippen molar-refractivity contribution in [2.24, 2.45) is 5.41 Å². The van der Waals surface area contributed by atoms with Gasteiger partial charge in [-0.2, -0.15) is 0 Å². The van der Waals surface area contributed by atoms with E-state index in [1.807, 2.05) is 0 Å². The van der Waals surface area contributed by atoms with Gasteiger partial charge < -0.3 is 24.8 Å². The van der Waals surface area contributed by atoms with Crippen molar-refractivity contribution in [1.82, 2.24) is 10.6 Å². The van der Waals surface area contributed by atoms with Gasteiger partial charge in [0.2, 0.25) is 12.7 Å². The summed E-state index contributed by atoms with van der Waals surface area (Å²) in [6, 6.07) is 0. The van der Waals surface area contributed by atoms with E-state index in [0.29, 0.717) is 0 Å². The molecule has 1 aliphatic rings. The van der Waals surface area contributed by atoms with Crippen LogP contribution in [0.1, 0.15) is 41.0 Å². The van der Waals surface area contributed by atoms with E-state index in [0.717, 1.165) is 0 Å². The number of ether oxygens (including phenoxy) is 3. The lowest BCUT2D eigenvalue weighted by Crippen LogP contribution is -2.50. The Bertz CT molecular complexity index is 753. The molecule has 0 aliphatic carbocycles. The summed E-state index contributed by atoms with van der Waals surface area (Å²) in [5.74, 6) is -1.62. The van der Waals surface area contributed by atoms with E-state index in [1.165, 1.54) is 14.0 Å². The van der Waals surface area contributed by atoms with Gasteiger partial charge in [0.1, 0.15) is 6.61 Å². The number of amides is 2. The predicted molar refractivity (Wildman–Crippen MR) is 108 cm³/mol. The summed E-state index contributed by atoms with van der Waals surface area (Å²) < 4.78 is 42.3. The summed E-state index contributed by atoms with van der Waals surface area (Å²) in [7, 11) is -2.99. The summed E-state index contributed by atoms with van der Waals surface area (Å²) in [6.45, 7) is 6.73. The number of methoxy groups -OCH3 is 1. The van der Waals surface area contributed by atoms with Crippen LogP contribution in [-0.4, -0.2) is 69.2 Å². The van der Waals surface area contributed by atoms with Crippen LogP contribution in [0.4, 0.5) is 4.79 Å². The number of carbonyl (C=O) groups is 4. The van der Waals surface area contributed by atoms with E-state index in [-0.39, 0.29) is 26.2 Å². The van der Waals surface area contributed by atoms with Gasteiger partial charge in [0.25, 0.3) is 0 Å². The Balaban J connectivity index is 2.57. The molecule has 0 spiro atoms. The number of hydrogen-bond acceptors (Lipinski definition) is 11. The third-order valence-corrected chi connectivity index (χ3v) is 5.45. The highest BCUT2D eigenvalue weighted by atomic mass is 31.2. The van der Waals surface area contributed by atoms with Gasteiger partial charge >= 0.3 is 25.9 Å². The van der Waals surface area contributed by atoms with E-state index in [2.05, 4.69) is 15.4 Å². The second kappa shape index (κ2) is 11.6. The summed E-state index contributed by atoms with van der Waals surface area (Å²) in [5.41, 5.74) is -1.78. The topological polar surface area (TPSA) is 165 Å². The Morgan fingerprint density at radius 1 is 1.19 bits per heavy atom. The molecule has 0 radical (unpaired) electrons. The molecule has 0 bridgehead atoms. The zero-order chi connectivity index (χ0) is 24.6. The van der Waals surface area contributed by atoms with Gasteiger partial charge in [0.05, 0.1) is 25.7 Å². The first-order valence-electron chi connectivity index (χ1n) is 9.70. The Hall–Kier alpha value is -2.21. The highest BCUT2D eigenvalue weighted by Crippen LogP contribution is 2.57. The molecule has 1 heterocycles. The maximum atomic E-state index is 12.7. The van der Waals surface area contributed by atoms with Crippen LogP contribution in [0.25, 0.3) is 0 Å². The molecule has 32 heavy (non-hydrogen) atoms. The fourth-order valence-electron chi connectivity index (χ4n) is 2.35. The van der Waals surface area contributed by atoms with Crippen molar-refractivity contribution in [3.05, 3.63) is 0 Å². The Labute approximate surface area is 186 Å². The Morgan fingerprint density at radius 2 is 1.84 bits per heavy atom. The van der Waals surface area contributed by atoms with Crippen LogP contribution >= 0.6 is 7.82 Å². The summed E-state index contributed by atoms with van der Waals surface area (Å²) in [5, 5.41) is 4.95. The van der Waals surface area contributed by atoms with Gasteiger partial charge in [-0.3, -0.25) is 23.4 Å². The monoisotopic (exact) mass is 482 g/mol. The zero-order valence-corrected chi connectivity index (χ0v) is 19.9. The largest absolute Gasteiger partial charge is 0.478 e. The Morgan fingerprint density at radius 3 is 2.44 bits per heavy atom. The van der Waals surface area contributed by atoms with Crippen molar-refractivity contribution < 1.29 is 51.5 Å². The lowest BCUT2D eigenvalue weighted by atomic mass is 9.87. The van der Waals surface area contributed by atoms with E-state index < -0.39 is 55.6 Å². The van der Waals surface area contributed by atoms with Crippen LogP contribution in [0.3, 0.4) is 0 Å². The molecule has 1 fully saturated rings. The molecule has 14 heteroatoms.